The van der Waals surface area contributed by atoms with E-state index in [4.69, 9.17) is 11.6 Å². The number of aryl methyl sites for hydroxylation is 1. The standard InChI is InChI=1S/C19H12ClF7N2O5S2/c1-9-5-10(6-12(20)17(9)34-36(32,33)19(25,26)27)14-8-16(18(22,23)24)28-29(14)11-3-4-15(13(21)7-11)35(2,30)31/h3-8H,1-2H3. The Kier molecular flexibility index (Phi) is 6.87. The van der Waals surface area contributed by atoms with Crippen LogP contribution in [0.1, 0.15) is 11.3 Å². The van der Waals surface area contributed by atoms with Crippen LogP contribution in [0.3, 0.4) is 0 Å². The normalized spacial score (nSPS) is 13.2. The van der Waals surface area contributed by atoms with Crippen molar-refractivity contribution >= 4 is 31.6 Å². The van der Waals surface area contributed by atoms with Crippen LogP contribution < -0.4 is 4.18 Å². The van der Waals surface area contributed by atoms with E-state index in [1.807, 2.05) is 0 Å². The summed E-state index contributed by atoms with van der Waals surface area (Å²) in [6.45, 7) is 1.09. The van der Waals surface area contributed by atoms with Gasteiger partial charge in [0.2, 0.25) is 0 Å². The lowest BCUT2D eigenvalue weighted by molar-refractivity contribution is -0.141. The van der Waals surface area contributed by atoms with Crippen LogP contribution >= 0.6 is 11.6 Å². The minimum atomic E-state index is -6.10. The van der Waals surface area contributed by atoms with E-state index < -0.39 is 58.8 Å². The second-order valence-electron chi connectivity index (χ2n) is 7.30. The zero-order chi connectivity index (χ0) is 27.4. The summed E-state index contributed by atoms with van der Waals surface area (Å²) in [5.41, 5.74) is -8.43. The van der Waals surface area contributed by atoms with Gasteiger partial charge in [-0.15, -0.1) is 0 Å². The van der Waals surface area contributed by atoms with Gasteiger partial charge in [0.05, 0.1) is 16.4 Å². The first-order chi connectivity index (χ1) is 16.2. The van der Waals surface area contributed by atoms with E-state index in [-0.39, 0.29) is 22.5 Å². The Morgan fingerprint density at radius 3 is 2.06 bits per heavy atom. The summed E-state index contributed by atoms with van der Waals surface area (Å²) in [6, 6.07) is 4.75. The van der Waals surface area contributed by atoms with Gasteiger partial charge in [-0.1, -0.05) is 11.6 Å². The first-order valence-corrected chi connectivity index (χ1v) is 12.9. The van der Waals surface area contributed by atoms with Gasteiger partial charge in [0, 0.05) is 17.9 Å². The minimum absolute atomic E-state index is 0.190. The van der Waals surface area contributed by atoms with Gasteiger partial charge in [-0.2, -0.15) is 39.9 Å². The lowest BCUT2D eigenvalue weighted by atomic mass is 10.1. The van der Waals surface area contributed by atoms with E-state index in [2.05, 4.69) is 9.28 Å². The Labute approximate surface area is 204 Å². The number of alkyl halides is 6. The second kappa shape index (κ2) is 8.92. The van der Waals surface area contributed by atoms with Crippen LogP contribution in [0.5, 0.6) is 5.75 Å². The maximum Gasteiger partial charge on any atom is 0.534 e. The van der Waals surface area contributed by atoms with Crippen molar-refractivity contribution in [3.8, 4) is 22.7 Å². The van der Waals surface area contributed by atoms with Crippen LogP contribution in [0.15, 0.2) is 41.3 Å². The molecule has 0 radical (unpaired) electrons. The SMILES string of the molecule is Cc1cc(-c2cc(C(F)(F)F)nn2-c2ccc(S(C)(=O)=O)c(F)c2)cc(Cl)c1OS(=O)(=O)C(F)(F)F. The molecule has 0 aliphatic carbocycles. The van der Waals surface area contributed by atoms with E-state index in [0.29, 0.717) is 16.8 Å². The smallest absolute Gasteiger partial charge is 0.374 e. The van der Waals surface area contributed by atoms with Gasteiger partial charge in [-0.25, -0.2) is 17.5 Å². The third-order valence-corrected chi connectivity index (χ3v) is 6.92. The van der Waals surface area contributed by atoms with Crippen molar-refractivity contribution in [3.63, 3.8) is 0 Å². The molecular weight excluding hydrogens is 569 g/mol. The summed E-state index contributed by atoms with van der Waals surface area (Å²) >= 11 is 5.90. The van der Waals surface area contributed by atoms with Crippen molar-refractivity contribution in [2.45, 2.75) is 23.5 Å². The highest BCUT2D eigenvalue weighted by atomic mass is 35.5. The molecule has 2 aromatic carbocycles. The Morgan fingerprint density at radius 1 is 0.972 bits per heavy atom. The Bertz CT molecular complexity index is 1540. The molecule has 0 fully saturated rings. The highest BCUT2D eigenvalue weighted by molar-refractivity contribution is 7.90. The fraction of sp³-hybridized carbons (Fsp3) is 0.211. The van der Waals surface area contributed by atoms with Crippen LogP contribution in [0.4, 0.5) is 30.7 Å². The van der Waals surface area contributed by atoms with Crippen LogP contribution in [0.25, 0.3) is 16.9 Å². The maximum absolute atomic E-state index is 14.4. The molecule has 1 heterocycles. The second-order valence-corrected chi connectivity index (χ2v) is 11.2. The molecule has 1 aromatic heterocycles. The summed E-state index contributed by atoms with van der Waals surface area (Å²) in [5, 5.41) is 2.69. The van der Waals surface area contributed by atoms with Gasteiger partial charge < -0.3 is 4.18 Å². The molecule has 0 bridgehead atoms. The van der Waals surface area contributed by atoms with Crippen molar-refractivity contribution in [1.29, 1.82) is 0 Å². The van der Waals surface area contributed by atoms with Crippen molar-refractivity contribution in [2.75, 3.05) is 6.26 Å². The predicted molar refractivity (Wildman–Crippen MR) is 112 cm³/mol. The lowest BCUT2D eigenvalue weighted by Crippen LogP contribution is -2.28. The molecule has 3 rings (SSSR count). The molecule has 0 aliphatic rings. The van der Waals surface area contributed by atoms with Gasteiger partial charge in [-0.05, 0) is 42.8 Å². The van der Waals surface area contributed by atoms with E-state index >= 15 is 0 Å². The molecule has 17 heteroatoms. The number of rotatable bonds is 5. The van der Waals surface area contributed by atoms with Gasteiger partial charge in [0.1, 0.15) is 10.7 Å². The summed E-state index contributed by atoms with van der Waals surface area (Å²) in [4.78, 5) is -0.720. The molecule has 0 aliphatic heterocycles. The fourth-order valence-corrected chi connectivity index (χ4v) is 4.60. The first kappa shape index (κ1) is 27.7. The van der Waals surface area contributed by atoms with Gasteiger partial charge in [0.15, 0.2) is 21.3 Å². The van der Waals surface area contributed by atoms with E-state index in [0.717, 1.165) is 37.4 Å². The average Bonchev–Trinajstić information content (AvgIpc) is 3.14. The molecule has 0 N–H and O–H groups in total. The van der Waals surface area contributed by atoms with E-state index in [9.17, 15) is 47.6 Å². The Balaban J connectivity index is 2.21. The number of sulfone groups is 1. The summed E-state index contributed by atoms with van der Waals surface area (Å²) in [7, 11) is -10.1. The van der Waals surface area contributed by atoms with Crippen LogP contribution in [-0.2, 0) is 26.1 Å². The number of benzene rings is 2. The predicted octanol–water partition coefficient (Wildman–Crippen LogP) is 5.29. The van der Waals surface area contributed by atoms with Gasteiger partial charge in [-0.3, -0.25) is 0 Å². The maximum atomic E-state index is 14.4. The van der Waals surface area contributed by atoms with Gasteiger partial charge in [0.25, 0.3) is 0 Å². The van der Waals surface area contributed by atoms with Crippen LogP contribution in [0.2, 0.25) is 5.02 Å². The van der Waals surface area contributed by atoms with Crippen LogP contribution in [-0.4, -0.2) is 38.4 Å². The molecule has 0 amide bonds. The monoisotopic (exact) mass is 580 g/mol. The molecule has 3 aromatic rings. The Hall–Kier alpha value is -2.85. The molecule has 0 spiro atoms. The minimum Gasteiger partial charge on any atom is -0.374 e. The third-order valence-electron chi connectivity index (χ3n) is 4.56. The molecule has 36 heavy (non-hydrogen) atoms. The summed E-state index contributed by atoms with van der Waals surface area (Å²) in [5.74, 6) is -2.19. The highest BCUT2D eigenvalue weighted by Gasteiger charge is 2.49. The zero-order valence-electron chi connectivity index (χ0n) is 17.7. The topological polar surface area (TPSA) is 95.3 Å². The Morgan fingerprint density at radius 2 is 1.58 bits per heavy atom. The third kappa shape index (κ3) is 5.44. The number of halogens is 8. The molecule has 0 saturated carbocycles. The quantitative estimate of drug-likeness (QED) is 0.231. The van der Waals surface area contributed by atoms with Crippen LogP contribution in [0, 0.1) is 12.7 Å². The molecular formula is C19H12ClF7N2O5S2. The zero-order valence-corrected chi connectivity index (χ0v) is 20.1. The molecule has 0 saturated heterocycles. The van der Waals surface area contributed by atoms with Crippen molar-refractivity contribution in [1.82, 2.24) is 9.78 Å². The fourth-order valence-electron chi connectivity index (χ4n) is 2.99. The van der Waals surface area contributed by atoms with Gasteiger partial charge >= 0.3 is 21.8 Å². The number of aromatic nitrogens is 2. The molecule has 196 valence electrons. The van der Waals surface area contributed by atoms with Crippen molar-refractivity contribution < 1.29 is 51.8 Å². The van der Waals surface area contributed by atoms with E-state index in [1.165, 1.54) is 0 Å². The highest BCUT2D eigenvalue weighted by Crippen LogP contribution is 2.39. The number of nitrogens with zero attached hydrogens (tertiary/aromatic N) is 2. The largest absolute Gasteiger partial charge is 0.534 e. The molecule has 0 atom stereocenters. The molecule has 0 unspecified atom stereocenters. The lowest BCUT2D eigenvalue weighted by Gasteiger charge is -2.15. The number of hydrogen-bond donors (Lipinski definition) is 0. The molecule has 7 nitrogen and oxygen atoms in total. The summed E-state index contributed by atoms with van der Waals surface area (Å²) in [6.07, 6.45) is -4.26. The van der Waals surface area contributed by atoms with Crippen molar-refractivity contribution in [3.05, 3.63) is 58.5 Å². The van der Waals surface area contributed by atoms with Crippen molar-refractivity contribution in [2.24, 2.45) is 0 Å². The average molecular weight is 581 g/mol. The number of hydrogen-bond acceptors (Lipinski definition) is 6. The van der Waals surface area contributed by atoms with E-state index in [1.54, 1.807) is 0 Å². The summed E-state index contributed by atoms with van der Waals surface area (Å²) < 4.78 is 143. The first-order valence-electron chi connectivity index (χ1n) is 9.21.